The van der Waals surface area contributed by atoms with Crippen LogP contribution in [-0.2, 0) is 0 Å². The maximum Gasteiger partial charge on any atom is 0.271 e. The lowest BCUT2D eigenvalue weighted by molar-refractivity contribution is 0.0951. The van der Waals surface area contributed by atoms with Crippen LogP contribution in [0, 0.1) is 0 Å². The van der Waals surface area contributed by atoms with Crippen LogP contribution in [0.5, 0.6) is 0 Å². The van der Waals surface area contributed by atoms with Gasteiger partial charge in [-0.3, -0.25) is 14.9 Å². The van der Waals surface area contributed by atoms with Crippen LogP contribution < -0.4 is 10.6 Å². The zero-order chi connectivity index (χ0) is 18.6. The van der Waals surface area contributed by atoms with Crippen LogP contribution in [0.3, 0.4) is 0 Å². The maximum atomic E-state index is 12.1. The molecular weight excluding hydrogens is 360 g/mol. The van der Waals surface area contributed by atoms with Crippen LogP contribution >= 0.6 is 11.3 Å². The topological polar surface area (TPSA) is 95.6 Å². The molecule has 4 rings (SSSR count). The highest BCUT2D eigenvalue weighted by molar-refractivity contribution is 7.18. The summed E-state index contributed by atoms with van der Waals surface area (Å²) in [6, 6.07) is 5.95. The molecule has 0 radical (unpaired) electrons. The Balaban J connectivity index is 1.74. The molecule has 0 bridgehead atoms. The van der Waals surface area contributed by atoms with Crippen molar-refractivity contribution in [3.05, 3.63) is 42.0 Å². The number of H-pyrrole nitrogens is 1. The molecule has 4 heterocycles. The Bertz CT molecular complexity index is 913. The van der Waals surface area contributed by atoms with Gasteiger partial charge in [-0.2, -0.15) is 5.10 Å². The van der Waals surface area contributed by atoms with Crippen molar-refractivity contribution in [2.45, 2.75) is 32.2 Å². The first kappa shape index (κ1) is 17.8. The molecule has 1 saturated heterocycles. The number of aromatic amines is 1. The Morgan fingerprint density at radius 1 is 1.41 bits per heavy atom. The van der Waals surface area contributed by atoms with E-state index in [2.05, 4.69) is 25.8 Å². The van der Waals surface area contributed by atoms with E-state index in [0.29, 0.717) is 12.2 Å². The van der Waals surface area contributed by atoms with Crippen molar-refractivity contribution in [1.29, 1.82) is 0 Å². The predicted octanol–water partition coefficient (Wildman–Crippen LogP) is 3.16. The Kier molecular flexibility index (Phi) is 5.26. The van der Waals surface area contributed by atoms with Gasteiger partial charge in [0.25, 0.3) is 5.91 Å². The first-order valence-electron chi connectivity index (χ1n) is 9.24. The van der Waals surface area contributed by atoms with E-state index in [-0.39, 0.29) is 11.9 Å². The third-order valence-electron chi connectivity index (χ3n) is 4.59. The number of thiazole rings is 1. The predicted molar refractivity (Wildman–Crippen MR) is 106 cm³/mol. The summed E-state index contributed by atoms with van der Waals surface area (Å²) in [6.45, 7) is 3.46. The quantitative estimate of drug-likeness (QED) is 0.630. The van der Waals surface area contributed by atoms with Gasteiger partial charge in [0.1, 0.15) is 5.01 Å². The van der Waals surface area contributed by atoms with E-state index in [1.54, 1.807) is 23.6 Å². The standard InChI is InChI=1S/C19H22N6OS/c1-2-21-18(26)15-10-14(24-25-15)17-16(13-7-3-4-9-22-13)23-19(27-17)12-6-5-8-20-11-12/h5-6,8,10-11,13,22H,2-4,7,9H2,1H3,(H,21,26)(H,24,25)/t13-/m0/s1. The SMILES string of the molecule is CCNC(=O)c1cc(-c2sc(-c3cccnc3)nc2[C@@H]2CCCCN2)[nH]n1. The summed E-state index contributed by atoms with van der Waals surface area (Å²) >= 11 is 1.60. The highest BCUT2D eigenvalue weighted by Crippen LogP contribution is 2.39. The fourth-order valence-corrected chi connectivity index (χ4v) is 4.35. The highest BCUT2D eigenvalue weighted by atomic mass is 32.1. The summed E-state index contributed by atoms with van der Waals surface area (Å²) in [7, 11) is 0. The second kappa shape index (κ2) is 7.98. The molecule has 0 spiro atoms. The molecule has 3 aromatic heterocycles. The molecule has 1 atom stereocenters. The van der Waals surface area contributed by atoms with Gasteiger partial charge in [-0.1, -0.05) is 6.42 Å². The van der Waals surface area contributed by atoms with E-state index in [9.17, 15) is 4.79 Å². The molecule has 0 saturated carbocycles. The molecule has 8 heteroatoms. The van der Waals surface area contributed by atoms with Crippen molar-refractivity contribution >= 4 is 17.2 Å². The Hall–Kier alpha value is -2.58. The number of carbonyl (C=O) groups is 1. The molecule has 1 aliphatic rings. The number of hydrogen-bond donors (Lipinski definition) is 3. The van der Waals surface area contributed by atoms with Crippen LogP contribution in [0.1, 0.15) is 48.4 Å². The lowest BCUT2D eigenvalue weighted by atomic mass is 10.0. The fraction of sp³-hybridized carbons (Fsp3) is 0.368. The van der Waals surface area contributed by atoms with Gasteiger partial charge in [-0.25, -0.2) is 4.98 Å². The third-order valence-corrected chi connectivity index (χ3v) is 5.75. The second-order valence-electron chi connectivity index (χ2n) is 6.50. The molecule has 1 amide bonds. The molecular formula is C19H22N6OS. The highest BCUT2D eigenvalue weighted by Gasteiger charge is 2.25. The minimum absolute atomic E-state index is 0.172. The second-order valence-corrected chi connectivity index (χ2v) is 7.50. The van der Waals surface area contributed by atoms with Crippen molar-refractivity contribution < 1.29 is 4.79 Å². The molecule has 3 aromatic rings. The maximum absolute atomic E-state index is 12.1. The van der Waals surface area contributed by atoms with Crippen LogP contribution in [0.4, 0.5) is 0 Å². The molecule has 3 N–H and O–H groups in total. The Labute approximate surface area is 161 Å². The van der Waals surface area contributed by atoms with E-state index >= 15 is 0 Å². The van der Waals surface area contributed by atoms with Gasteiger partial charge in [0.2, 0.25) is 0 Å². The van der Waals surface area contributed by atoms with Gasteiger partial charge in [-0.05, 0) is 44.5 Å². The van der Waals surface area contributed by atoms with Crippen LogP contribution in [0.15, 0.2) is 30.6 Å². The minimum atomic E-state index is -0.172. The summed E-state index contributed by atoms with van der Waals surface area (Å²) in [5.41, 5.74) is 3.23. The van der Waals surface area contributed by atoms with Crippen LogP contribution in [0.2, 0.25) is 0 Å². The summed E-state index contributed by atoms with van der Waals surface area (Å²) in [6.07, 6.45) is 7.02. The number of nitrogens with one attached hydrogen (secondary N) is 3. The largest absolute Gasteiger partial charge is 0.351 e. The number of amides is 1. The number of piperidine rings is 1. The molecule has 1 fully saturated rings. The van der Waals surface area contributed by atoms with Gasteiger partial charge < -0.3 is 10.6 Å². The number of pyridine rings is 1. The summed E-state index contributed by atoms with van der Waals surface area (Å²) in [5.74, 6) is -0.172. The molecule has 0 aliphatic carbocycles. The van der Waals surface area contributed by atoms with Crippen LogP contribution in [-0.4, -0.2) is 39.2 Å². The number of nitrogens with zero attached hydrogens (tertiary/aromatic N) is 3. The number of aromatic nitrogens is 4. The van der Waals surface area contributed by atoms with Crippen molar-refractivity contribution in [3.63, 3.8) is 0 Å². The van der Waals surface area contributed by atoms with Gasteiger partial charge in [0.05, 0.1) is 22.3 Å². The monoisotopic (exact) mass is 382 g/mol. The lowest BCUT2D eigenvalue weighted by Gasteiger charge is -2.22. The summed E-state index contributed by atoms with van der Waals surface area (Å²) in [5, 5.41) is 14.5. The molecule has 27 heavy (non-hydrogen) atoms. The summed E-state index contributed by atoms with van der Waals surface area (Å²) in [4.78, 5) is 22.3. The number of rotatable bonds is 5. The van der Waals surface area contributed by atoms with E-state index in [4.69, 9.17) is 4.98 Å². The zero-order valence-corrected chi connectivity index (χ0v) is 16.0. The van der Waals surface area contributed by atoms with Gasteiger partial charge in [0, 0.05) is 24.5 Å². The molecule has 140 valence electrons. The smallest absolute Gasteiger partial charge is 0.271 e. The van der Waals surface area contributed by atoms with E-state index in [0.717, 1.165) is 39.8 Å². The number of carbonyl (C=O) groups excluding carboxylic acids is 1. The number of hydrogen-bond acceptors (Lipinski definition) is 6. The average molecular weight is 382 g/mol. The molecule has 1 aliphatic heterocycles. The van der Waals surface area contributed by atoms with E-state index in [1.165, 1.54) is 12.8 Å². The van der Waals surface area contributed by atoms with Crippen LogP contribution in [0.25, 0.3) is 21.1 Å². The van der Waals surface area contributed by atoms with Gasteiger partial charge >= 0.3 is 0 Å². The van der Waals surface area contributed by atoms with E-state index in [1.807, 2.05) is 25.3 Å². The van der Waals surface area contributed by atoms with E-state index < -0.39 is 0 Å². The van der Waals surface area contributed by atoms with Crippen molar-refractivity contribution in [3.8, 4) is 21.1 Å². The molecule has 0 unspecified atom stereocenters. The van der Waals surface area contributed by atoms with Crippen molar-refractivity contribution in [2.24, 2.45) is 0 Å². The third kappa shape index (κ3) is 3.77. The zero-order valence-electron chi connectivity index (χ0n) is 15.2. The first-order valence-corrected chi connectivity index (χ1v) is 10.1. The van der Waals surface area contributed by atoms with Gasteiger partial charge in [-0.15, -0.1) is 11.3 Å². The van der Waals surface area contributed by atoms with Gasteiger partial charge in [0.15, 0.2) is 5.69 Å². The van der Waals surface area contributed by atoms with Crippen molar-refractivity contribution in [2.75, 3.05) is 13.1 Å². The molecule has 7 nitrogen and oxygen atoms in total. The average Bonchev–Trinajstić information content (AvgIpc) is 3.37. The molecule has 0 aromatic carbocycles. The minimum Gasteiger partial charge on any atom is -0.351 e. The fourth-order valence-electron chi connectivity index (χ4n) is 3.26. The first-order chi connectivity index (χ1) is 13.3. The summed E-state index contributed by atoms with van der Waals surface area (Å²) < 4.78 is 0. The lowest BCUT2D eigenvalue weighted by Crippen LogP contribution is -2.27. The Morgan fingerprint density at radius 3 is 3.07 bits per heavy atom. The van der Waals surface area contributed by atoms with Crippen molar-refractivity contribution in [1.82, 2.24) is 30.8 Å². The normalized spacial score (nSPS) is 17.0. The Morgan fingerprint density at radius 2 is 2.33 bits per heavy atom.